The second-order valence-electron chi connectivity index (χ2n) is 4.30. The van der Waals surface area contributed by atoms with E-state index in [9.17, 15) is 9.59 Å². The second-order valence-corrected chi connectivity index (χ2v) is 4.30. The van der Waals surface area contributed by atoms with Gasteiger partial charge in [-0.1, -0.05) is 6.92 Å². The van der Waals surface area contributed by atoms with Gasteiger partial charge in [0.15, 0.2) is 0 Å². The molecular weight excluding hydrogens is 236 g/mol. The Labute approximate surface area is 104 Å². The fourth-order valence-corrected chi connectivity index (χ4v) is 2.11. The maximum Gasteiger partial charge on any atom is 0.326 e. The smallest absolute Gasteiger partial charge is 0.326 e. The number of aromatic nitrogens is 2. The third-order valence-electron chi connectivity index (χ3n) is 3.03. The molecule has 7 heteroatoms. The van der Waals surface area contributed by atoms with Crippen molar-refractivity contribution >= 4 is 17.7 Å². The minimum atomic E-state index is -0.973. The van der Waals surface area contributed by atoms with E-state index in [0.717, 1.165) is 0 Å². The minimum Gasteiger partial charge on any atom is -0.480 e. The molecule has 0 saturated carbocycles. The van der Waals surface area contributed by atoms with Crippen LogP contribution in [0.2, 0.25) is 0 Å². The van der Waals surface area contributed by atoms with Crippen molar-refractivity contribution in [2.24, 2.45) is 5.92 Å². The summed E-state index contributed by atoms with van der Waals surface area (Å²) in [5.74, 6) is -1.01. The van der Waals surface area contributed by atoms with E-state index >= 15 is 0 Å². The zero-order chi connectivity index (χ0) is 13.1. The van der Waals surface area contributed by atoms with Gasteiger partial charge in [-0.15, -0.1) is 0 Å². The minimum absolute atomic E-state index is 0.0414. The second kappa shape index (κ2) is 4.99. The summed E-state index contributed by atoms with van der Waals surface area (Å²) in [5.41, 5.74) is 0.450. The Kier molecular flexibility index (Phi) is 3.40. The van der Waals surface area contributed by atoms with Crippen LogP contribution in [0.15, 0.2) is 18.7 Å². The predicted octanol–water partition coefficient (Wildman–Crippen LogP) is 0.803. The van der Waals surface area contributed by atoms with Gasteiger partial charge >= 0.3 is 12.0 Å². The molecule has 2 heterocycles. The van der Waals surface area contributed by atoms with Gasteiger partial charge in [-0.3, -0.25) is 0 Å². The van der Waals surface area contributed by atoms with Crippen molar-refractivity contribution in [1.82, 2.24) is 14.9 Å². The van der Waals surface area contributed by atoms with E-state index in [1.165, 1.54) is 23.6 Å². The van der Waals surface area contributed by atoms with Gasteiger partial charge in [-0.25, -0.2) is 19.6 Å². The zero-order valence-corrected chi connectivity index (χ0v) is 9.91. The molecule has 0 aromatic carbocycles. The summed E-state index contributed by atoms with van der Waals surface area (Å²) in [7, 11) is 0. The van der Waals surface area contributed by atoms with Gasteiger partial charge in [0.25, 0.3) is 0 Å². The quantitative estimate of drug-likeness (QED) is 0.809. The highest BCUT2D eigenvalue weighted by molar-refractivity contribution is 5.92. The first kappa shape index (κ1) is 12.3. The van der Waals surface area contributed by atoms with Crippen LogP contribution in [-0.4, -0.2) is 44.6 Å². The number of hydrogen-bond donors (Lipinski definition) is 2. The normalized spacial score (nSPS) is 22.8. The van der Waals surface area contributed by atoms with E-state index in [1.807, 2.05) is 6.92 Å². The molecule has 2 rings (SSSR count). The molecule has 1 aromatic rings. The summed E-state index contributed by atoms with van der Waals surface area (Å²) in [6, 6.07) is -1.20. The predicted molar refractivity (Wildman–Crippen MR) is 63.0 cm³/mol. The van der Waals surface area contributed by atoms with Gasteiger partial charge in [-0.05, 0) is 12.3 Å². The summed E-state index contributed by atoms with van der Waals surface area (Å²) < 4.78 is 0. The fraction of sp³-hybridized carbons (Fsp3) is 0.455. The lowest BCUT2D eigenvalue weighted by atomic mass is 10.0. The number of amides is 2. The molecule has 0 bridgehead atoms. The van der Waals surface area contributed by atoms with Crippen LogP contribution in [0.5, 0.6) is 0 Å². The van der Waals surface area contributed by atoms with E-state index in [0.29, 0.717) is 18.7 Å². The molecule has 1 aliphatic rings. The Morgan fingerprint density at radius 2 is 2.11 bits per heavy atom. The number of rotatable bonds is 2. The topological polar surface area (TPSA) is 95.4 Å². The Hall–Kier alpha value is -2.18. The molecule has 2 amide bonds. The first-order valence-electron chi connectivity index (χ1n) is 5.65. The van der Waals surface area contributed by atoms with Crippen molar-refractivity contribution in [2.45, 2.75) is 19.4 Å². The van der Waals surface area contributed by atoms with Gasteiger partial charge < -0.3 is 15.3 Å². The standard InChI is InChI=1S/C11H14N4O3/c1-7-2-3-15(9(7)10(16)17)11(18)14-8-4-12-6-13-5-8/h4-7,9H,2-3H2,1H3,(H,14,18)(H,16,17). The number of carboxylic acid groups (broad SMARTS) is 1. The molecule has 96 valence electrons. The van der Waals surface area contributed by atoms with Gasteiger partial charge in [0.1, 0.15) is 12.4 Å². The number of urea groups is 1. The SMILES string of the molecule is CC1CCN(C(=O)Nc2cncnc2)C1C(=O)O. The number of carbonyl (C=O) groups excluding carboxylic acids is 1. The van der Waals surface area contributed by atoms with Crippen molar-refractivity contribution in [2.75, 3.05) is 11.9 Å². The molecule has 1 saturated heterocycles. The van der Waals surface area contributed by atoms with E-state index in [2.05, 4.69) is 15.3 Å². The summed E-state index contributed by atoms with van der Waals surface area (Å²) in [4.78, 5) is 32.0. The van der Waals surface area contributed by atoms with Gasteiger partial charge in [0.2, 0.25) is 0 Å². The van der Waals surface area contributed by atoms with Gasteiger partial charge in [-0.2, -0.15) is 0 Å². The number of anilines is 1. The maximum absolute atomic E-state index is 12.0. The number of nitrogens with zero attached hydrogens (tertiary/aromatic N) is 3. The van der Waals surface area contributed by atoms with Crippen LogP contribution in [0, 0.1) is 5.92 Å². The Balaban J connectivity index is 2.07. The number of carboxylic acids is 1. The molecule has 0 radical (unpaired) electrons. The number of carbonyl (C=O) groups is 2. The van der Waals surface area contributed by atoms with Crippen LogP contribution in [0.25, 0.3) is 0 Å². The summed E-state index contributed by atoms with van der Waals surface area (Å²) >= 11 is 0. The van der Waals surface area contributed by atoms with Crippen molar-refractivity contribution in [1.29, 1.82) is 0 Å². The molecule has 2 atom stereocenters. The summed E-state index contributed by atoms with van der Waals surface area (Å²) in [6.07, 6.45) is 4.96. The van der Waals surface area contributed by atoms with Gasteiger partial charge in [0.05, 0.1) is 18.1 Å². The highest BCUT2D eigenvalue weighted by atomic mass is 16.4. The van der Waals surface area contributed by atoms with Crippen LogP contribution in [0.1, 0.15) is 13.3 Å². The first-order chi connectivity index (χ1) is 8.59. The summed E-state index contributed by atoms with van der Waals surface area (Å²) in [5, 5.41) is 11.7. The Morgan fingerprint density at radius 3 is 2.72 bits per heavy atom. The third-order valence-corrected chi connectivity index (χ3v) is 3.03. The Bertz CT molecular complexity index is 451. The highest BCUT2D eigenvalue weighted by Gasteiger charge is 2.39. The van der Waals surface area contributed by atoms with Crippen molar-refractivity contribution in [3.63, 3.8) is 0 Å². The molecule has 0 aliphatic carbocycles. The maximum atomic E-state index is 12.0. The lowest BCUT2D eigenvalue weighted by molar-refractivity contribution is -0.142. The number of nitrogens with one attached hydrogen (secondary N) is 1. The molecule has 2 unspecified atom stereocenters. The van der Waals surface area contributed by atoms with E-state index in [4.69, 9.17) is 5.11 Å². The van der Waals surface area contributed by atoms with Crippen LogP contribution >= 0.6 is 0 Å². The average Bonchev–Trinajstić information content (AvgIpc) is 2.72. The van der Waals surface area contributed by atoms with E-state index in [-0.39, 0.29) is 5.92 Å². The van der Waals surface area contributed by atoms with Crippen LogP contribution < -0.4 is 5.32 Å². The van der Waals surface area contributed by atoms with Crippen LogP contribution in [0.3, 0.4) is 0 Å². The molecule has 0 spiro atoms. The zero-order valence-electron chi connectivity index (χ0n) is 9.91. The Morgan fingerprint density at radius 1 is 1.44 bits per heavy atom. The average molecular weight is 250 g/mol. The number of hydrogen-bond acceptors (Lipinski definition) is 4. The van der Waals surface area contributed by atoms with Crippen LogP contribution in [0.4, 0.5) is 10.5 Å². The van der Waals surface area contributed by atoms with Crippen LogP contribution in [-0.2, 0) is 4.79 Å². The largest absolute Gasteiger partial charge is 0.480 e. The molecule has 2 N–H and O–H groups in total. The monoisotopic (exact) mass is 250 g/mol. The lowest BCUT2D eigenvalue weighted by Gasteiger charge is -2.23. The third kappa shape index (κ3) is 2.39. The number of aliphatic carboxylic acids is 1. The van der Waals surface area contributed by atoms with Crippen molar-refractivity contribution in [3.8, 4) is 0 Å². The molecule has 7 nitrogen and oxygen atoms in total. The van der Waals surface area contributed by atoms with E-state index in [1.54, 1.807) is 0 Å². The first-order valence-corrected chi connectivity index (χ1v) is 5.65. The molecular formula is C11H14N4O3. The molecule has 18 heavy (non-hydrogen) atoms. The van der Waals surface area contributed by atoms with E-state index < -0.39 is 18.0 Å². The molecule has 1 fully saturated rings. The summed E-state index contributed by atoms with van der Waals surface area (Å²) in [6.45, 7) is 2.27. The van der Waals surface area contributed by atoms with Crippen molar-refractivity contribution < 1.29 is 14.7 Å². The molecule has 1 aliphatic heterocycles. The fourth-order valence-electron chi connectivity index (χ4n) is 2.11. The lowest BCUT2D eigenvalue weighted by Crippen LogP contribution is -2.44. The van der Waals surface area contributed by atoms with Crippen molar-refractivity contribution in [3.05, 3.63) is 18.7 Å². The highest BCUT2D eigenvalue weighted by Crippen LogP contribution is 2.24. The number of likely N-dealkylation sites (tertiary alicyclic amines) is 1. The molecule has 1 aromatic heterocycles. The van der Waals surface area contributed by atoms with Gasteiger partial charge in [0, 0.05) is 6.54 Å².